The Morgan fingerprint density at radius 3 is 2.21 bits per heavy atom. The van der Waals surface area contributed by atoms with Gasteiger partial charge in [0.1, 0.15) is 0 Å². The standard InChI is InChI=1S/C12H24O2/c1-4-7-9-12(14)10(8-5-2)11(13)6-3/h7,9-14H,4-6,8H2,1-3H3. The van der Waals surface area contributed by atoms with Crippen molar-refractivity contribution in [2.75, 3.05) is 0 Å². The number of hydrogen-bond acceptors (Lipinski definition) is 2. The molecule has 0 aliphatic rings. The fourth-order valence-electron chi connectivity index (χ4n) is 1.65. The van der Waals surface area contributed by atoms with Crippen LogP contribution in [0.25, 0.3) is 0 Å². The molecule has 0 radical (unpaired) electrons. The van der Waals surface area contributed by atoms with Crippen molar-refractivity contribution < 1.29 is 10.2 Å². The van der Waals surface area contributed by atoms with E-state index in [9.17, 15) is 10.2 Å². The minimum Gasteiger partial charge on any atom is -0.393 e. The lowest BCUT2D eigenvalue weighted by Gasteiger charge is -2.24. The first-order chi connectivity index (χ1) is 6.67. The molecule has 0 aromatic carbocycles. The summed E-state index contributed by atoms with van der Waals surface area (Å²) in [6.07, 6.45) is 6.40. The van der Waals surface area contributed by atoms with Gasteiger partial charge in [-0.1, -0.05) is 39.3 Å². The molecule has 0 aliphatic carbocycles. The Morgan fingerprint density at radius 1 is 1.14 bits per heavy atom. The van der Waals surface area contributed by atoms with E-state index in [0.29, 0.717) is 6.42 Å². The van der Waals surface area contributed by atoms with Crippen LogP contribution in [-0.2, 0) is 0 Å². The first-order valence-corrected chi connectivity index (χ1v) is 5.70. The second kappa shape index (κ2) is 8.01. The van der Waals surface area contributed by atoms with Crippen molar-refractivity contribution in [2.45, 2.75) is 58.7 Å². The van der Waals surface area contributed by atoms with E-state index in [-0.39, 0.29) is 12.0 Å². The summed E-state index contributed by atoms with van der Waals surface area (Å²) in [5, 5.41) is 19.6. The van der Waals surface area contributed by atoms with Crippen molar-refractivity contribution in [3.63, 3.8) is 0 Å². The van der Waals surface area contributed by atoms with Crippen LogP contribution in [0.3, 0.4) is 0 Å². The molecule has 2 heteroatoms. The SMILES string of the molecule is CCC=CC(O)C(CCC)C(O)CC. The van der Waals surface area contributed by atoms with E-state index in [0.717, 1.165) is 19.3 Å². The van der Waals surface area contributed by atoms with E-state index >= 15 is 0 Å². The van der Waals surface area contributed by atoms with E-state index in [2.05, 4.69) is 6.92 Å². The molecular weight excluding hydrogens is 176 g/mol. The molecule has 0 aromatic rings. The molecule has 3 atom stereocenters. The minimum atomic E-state index is -0.496. The molecule has 3 unspecified atom stereocenters. The van der Waals surface area contributed by atoms with E-state index in [4.69, 9.17) is 0 Å². The number of hydrogen-bond donors (Lipinski definition) is 2. The summed E-state index contributed by atoms with van der Waals surface area (Å²) in [5.41, 5.74) is 0. The van der Waals surface area contributed by atoms with Crippen LogP contribution in [-0.4, -0.2) is 22.4 Å². The second-order valence-corrected chi connectivity index (χ2v) is 3.76. The number of allylic oxidation sites excluding steroid dienone is 1. The summed E-state index contributed by atoms with van der Waals surface area (Å²) in [6, 6.07) is 0. The number of aliphatic hydroxyl groups excluding tert-OH is 2. The van der Waals surface area contributed by atoms with Crippen molar-refractivity contribution in [2.24, 2.45) is 5.92 Å². The highest BCUT2D eigenvalue weighted by Crippen LogP contribution is 2.19. The van der Waals surface area contributed by atoms with Gasteiger partial charge in [-0.15, -0.1) is 0 Å². The molecule has 0 amide bonds. The molecule has 0 rings (SSSR count). The first kappa shape index (κ1) is 13.7. The summed E-state index contributed by atoms with van der Waals surface area (Å²) < 4.78 is 0. The number of aliphatic hydroxyl groups is 2. The molecule has 0 fully saturated rings. The van der Waals surface area contributed by atoms with Gasteiger partial charge >= 0.3 is 0 Å². The van der Waals surface area contributed by atoms with E-state index < -0.39 is 6.10 Å². The lowest BCUT2D eigenvalue weighted by atomic mass is 9.89. The summed E-state index contributed by atoms with van der Waals surface area (Å²) in [5.74, 6) is -0.00667. The van der Waals surface area contributed by atoms with Gasteiger partial charge in [0.25, 0.3) is 0 Å². The summed E-state index contributed by atoms with van der Waals surface area (Å²) in [4.78, 5) is 0. The predicted molar refractivity (Wildman–Crippen MR) is 60.1 cm³/mol. The highest BCUT2D eigenvalue weighted by Gasteiger charge is 2.22. The summed E-state index contributed by atoms with van der Waals surface area (Å²) >= 11 is 0. The molecule has 0 heterocycles. The molecule has 0 saturated carbocycles. The zero-order chi connectivity index (χ0) is 11.0. The van der Waals surface area contributed by atoms with Gasteiger partial charge in [-0.05, 0) is 19.3 Å². The van der Waals surface area contributed by atoms with Gasteiger partial charge in [0, 0.05) is 5.92 Å². The van der Waals surface area contributed by atoms with Crippen molar-refractivity contribution in [1.29, 1.82) is 0 Å². The van der Waals surface area contributed by atoms with Crippen LogP contribution in [0.4, 0.5) is 0 Å². The van der Waals surface area contributed by atoms with E-state index in [1.165, 1.54) is 0 Å². The maximum absolute atomic E-state index is 9.83. The molecule has 0 aliphatic heterocycles. The highest BCUT2D eigenvalue weighted by molar-refractivity contribution is 4.93. The Kier molecular flexibility index (Phi) is 7.81. The van der Waals surface area contributed by atoms with Gasteiger partial charge in [0.15, 0.2) is 0 Å². The minimum absolute atomic E-state index is 0.00667. The fourth-order valence-corrected chi connectivity index (χ4v) is 1.65. The largest absolute Gasteiger partial charge is 0.393 e. The van der Waals surface area contributed by atoms with Crippen LogP contribution >= 0.6 is 0 Å². The normalized spacial score (nSPS) is 18.4. The molecule has 2 nitrogen and oxygen atoms in total. The zero-order valence-electron chi connectivity index (χ0n) is 9.61. The lowest BCUT2D eigenvalue weighted by molar-refractivity contribution is 0.0279. The molecule has 0 saturated heterocycles. The van der Waals surface area contributed by atoms with Crippen molar-refractivity contribution in [1.82, 2.24) is 0 Å². The first-order valence-electron chi connectivity index (χ1n) is 5.70. The Bertz CT molecular complexity index is 154. The topological polar surface area (TPSA) is 40.5 Å². The third kappa shape index (κ3) is 4.77. The molecule has 0 spiro atoms. The molecular formula is C12H24O2. The molecule has 2 N–H and O–H groups in total. The third-order valence-corrected chi connectivity index (χ3v) is 2.54. The molecule has 84 valence electrons. The third-order valence-electron chi connectivity index (χ3n) is 2.54. The smallest absolute Gasteiger partial charge is 0.0773 e. The highest BCUT2D eigenvalue weighted by atomic mass is 16.3. The predicted octanol–water partition coefficient (Wildman–Crippen LogP) is 2.50. The van der Waals surface area contributed by atoms with Crippen molar-refractivity contribution in [3.8, 4) is 0 Å². The van der Waals surface area contributed by atoms with Gasteiger partial charge in [-0.2, -0.15) is 0 Å². The Morgan fingerprint density at radius 2 is 1.79 bits per heavy atom. The lowest BCUT2D eigenvalue weighted by Crippen LogP contribution is -2.30. The van der Waals surface area contributed by atoms with Gasteiger partial charge in [0.2, 0.25) is 0 Å². The summed E-state index contributed by atoms with van der Waals surface area (Å²) in [7, 11) is 0. The monoisotopic (exact) mass is 200 g/mol. The average Bonchev–Trinajstić information content (AvgIpc) is 2.21. The van der Waals surface area contributed by atoms with Crippen molar-refractivity contribution >= 4 is 0 Å². The van der Waals surface area contributed by atoms with Crippen LogP contribution in [0.1, 0.15) is 46.5 Å². The Hall–Kier alpha value is -0.340. The molecule has 0 bridgehead atoms. The molecule has 14 heavy (non-hydrogen) atoms. The quantitative estimate of drug-likeness (QED) is 0.620. The average molecular weight is 200 g/mol. The molecule has 0 aromatic heterocycles. The van der Waals surface area contributed by atoms with Crippen LogP contribution in [0.2, 0.25) is 0 Å². The van der Waals surface area contributed by atoms with Gasteiger partial charge in [-0.25, -0.2) is 0 Å². The Balaban J connectivity index is 4.23. The van der Waals surface area contributed by atoms with Crippen LogP contribution in [0, 0.1) is 5.92 Å². The maximum atomic E-state index is 9.83. The van der Waals surface area contributed by atoms with Gasteiger partial charge in [-0.3, -0.25) is 0 Å². The number of rotatable bonds is 7. The Labute approximate surface area is 87.7 Å². The van der Waals surface area contributed by atoms with E-state index in [1.807, 2.05) is 19.9 Å². The van der Waals surface area contributed by atoms with Crippen LogP contribution in [0.5, 0.6) is 0 Å². The van der Waals surface area contributed by atoms with Crippen LogP contribution in [0.15, 0.2) is 12.2 Å². The van der Waals surface area contributed by atoms with E-state index in [1.54, 1.807) is 6.08 Å². The summed E-state index contributed by atoms with van der Waals surface area (Å²) in [6.45, 7) is 6.06. The van der Waals surface area contributed by atoms with Crippen molar-refractivity contribution in [3.05, 3.63) is 12.2 Å². The maximum Gasteiger partial charge on any atom is 0.0773 e. The van der Waals surface area contributed by atoms with Gasteiger partial charge < -0.3 is 10.2 Å². The van der Waals surface area contributed by atoms with Gasteiger partial charge in [0.05, 0.1) is 12.2 Å². The fraction of sp³-hybridized carbons (Fsp3) is 0.833. The second-order valence-electron chi connectivity index (χ2n) is 3.76. The zero-order valence-corrected chi connectivity index (χ0v) is 9.61. The van der Waals surface area contributed by atoms with Crippen LogP contribution < -0.4 is 0 Å².